The summed E-state index contributed by atoms with van der Waals surface area (Å²) >= 11 is 0.518. The SMILES string of the molecule is O=C(NCc1cccnc1)c1sc2c([N+](=O)[O-])cc(C(F)(F)F)cc2[n+]1O. The molecule has 12 heteroatoms. The first-order valence-electron chi connectivity index (χ1n) is 7.29. The van der Waals surface area contributed by atoms with Crippen molar-refractivity contribution in [3.8, 4) is 0 Å². The van der Waals surface area contributed by atoms with Gasteiger partial charge in [0.1, 0.15) is 0 Å². The lowest BCUT2D eigenvalue weighted by Crippen LogP contribution is -2.39. The van der Waals surface area contributed by atoms with Crippen LogP contribution in [-0.4, -0.2) is 21.0 Å². The van der Waals surface area contributed by atoms with Crippen molar-refractivity contribution in [3.63, 3.8) is 0 Å². The molecule has 140 valence electrons. The number of hydrogen-bond donors (Lipinski definition) is 2. The number of carbonyl (C=O) groups is 1. The van der Waals surface area contributed by atoms with Gasteiger partial charge in [0.15, 0.2) is 4.70 Å². The highest BCUT2D eigenvalue weighted by Crippen LogP contribution is 2.37. The summed E-state index contributed by atoms with van der Waals surface area (Å²) in [6.45, 7) is 0.0524. The second-order valence-electron chi connectivity index (χ2n) is 5.36. The molecule has 1 amide bonds. The summed E-state index contributed by atoms with van der Waals surface area (Å²) in [5.74, 6) is -0.801. The Morgan fingerprint density at radius 2 is 2.15 bits per heavy atom. The molecule has 0 atom stereocenters. The first-order chi connectivity index (χ1) is 12.7. The molecule has 0 aliphatic heterocycles. The lowest BCUT2D eigenvalue weighted by Gasteiger charge is -2.04. The number of thiazole rings is 1. The number of nitrogens with one attached hydrogen (secondary N) is 1. The number of nitro benzene ring substituents is 1. The van der Waals surface area contributed by atoms with Gasteiger partial charge in [-0.1, -0.05) is 6.07 Å². The van der Waals surface area contributed by atoms with E-state index in [4.69, 9.17) is 0 Å². The molecule has 3 aromatic rings. The molecular formula is C15H10F3N4O4S+. The number of fused-ring (bicyclic) bond motifs is 1. The maximum Gasteiger partial charge on any atom is 0.416 e. The second-order valence-corrected chi connectivity index (χ2v) is 6.36. The minimum absolute atomic E-state index is 0.0524. The Bertz CT molecular complexity index is 1040. The van der Waals surface area contributed by atoms with Gasteiger partial charge in [0.2, 0.25) is 0 Å². The number of amides is 1. The number of halogens is 3. The van der Waals surface area contributed by atoms with E-state index < -0.39 is 38.8 Å². The molecule has 27 heavy (non-hydrogen) atoms. The maximum atomic E-state index is 13.0. The van der Waals surface area contributed by atoms with Crippen LogP contribution >= 0.6 is 11.3 Å². The summed E-state index contributed by atoms with van der Waals surface area (Å²) in [6.07, 6.45) is -1.81. The summed E-state index contributed by atoms with van der Waals surface area (Å²) in [7, 11) is 0. The monoisotopic (exact) mass is 399 g/mol. The molecule has 2 heterocycles. The Kier molecular flexibility index (Phi) is 4.66. The van der Waals surface area contributed by atoms with E-state index in [1.54, 1.807) is 12.1 Å². The number of benzene rings is 1. The van der Waals surface area contributed by atoms with E-state index in [1.807, 2.05) is 0 Å². The third-order valence-electron chi connectivity index (χ3n) is 3.56. The van der Waals surface area contributed by atoms with Crippen LogP contribution in [0.5, 0.6) is 0 Å². The Labute approximate surface area is 152 Å². The van der Waals surface area contributed by atoms with E-state index in [9.17, 15) is 33.3 Å². The van der Waals surface area contributed by atoms with E-state index in [-0.39, 0.29) is 16.0 Å². The zero-order valence-electron chi connectivity index (χ0n) is 13.2. The largest absolute Gasteiger partial charge is 0.416 e. The first kappa shape index (κ1) is 18.5. The van der Waals surface area contributed by atoms with Gasteiger partial charge in [-0.25, -0.2) is 0 Å². The summed E-state index contributed by atoms with van der Waals surface area (Å²) in [4.78, 5) is 26.3. The number of aromatic nitrogens is 2. The summed E-state index contributed by atoms with van der Waals surface area (Å²) in [5.41, 5.74) is -1.97. The van der Waals surface area contributed by atoms with Gasteiger partial charge in [-0.3, -0.25) is 25.1 Å². The number of carbonyl (C=O) groups excluding carboxylic acids is 1. The molecule has 0 radical (unpaired) electrons. The van der Waals surface area contributed by atoms with Gasteiger partial charge in [-0.15, -0.1) is 0 Å². The number of alkyl halides is 3. The van der Waals surface area contributed by atoms with Crippen LogP contribution < -0.4 is 10.0 Å². The van der Waals surface area contributed by atoms with Gasteiger partial charge in [0, 0.05) is 35.8 Å². The molecular weight excluding hydrogens is 389 g/mol. The van der Waals surface area contributed by atoms with Crippen LogP contribution in [-0.2, 0) is 12.7 Å². The van der Waals surface area contributed by atoms with Gasteiger partial charge in [-0.2, -0.15) is 13.2 Å². The smallest absolute Gasteiger partial charge is 0.342 e. The number of pyridine rings is 1. The van der Waals surface area contributed by atoms with Crippen molar-refractivity contribution in [2.24, 2.45) is 0 Å². The molecule has 0 bridgehead atoms. The van der Waals surface area contributed by atoms with Crippen molar-refractivity contribution in [2.45, 2.75) is 12.7 Å². The fourth-order valence-electron chi connectivity index (χ4n) is 2.31. The summed E-state index contributed by atoms with van der Waals surface area (Å²) in [5, 5.41) is 23.3. The lowest BCUT2D eigenvalue weighted by molar-refractivity contribution is -0.882. The zero-order chi connectivity index (χ0) is 19.8. The third-order valence-corrected chi connectivity index (χ3v) is 4.74. The molecule has 3 rings (SSSR count). The Morgan fingerprint density at radius 3 is 2.74 bits per heavy atom. The topological polar surface area (TPSA) is 109 Å². The van der Waals surface area contributed by atoms with Crippen LogP contribution in [0.3, 0.4) is 0 Å². The minimum Gasteiger partial charge on any atom is -0.342 e. The molecule has 1 aromatic carbocycles. The quantitative estimate of drug-likeness (QED) is 0.303. The van der Waals surface area contributed by atoms with E-state index in [0.717, 1.165) is 0 Å². The predicted molar refractivity (Wildman–Crippen MR) is 86.3 cm³/mol. The highest BCUT2D eigenvalue weighted by Gasteiger charge is 2.38. The summed E-state index contributed by atoms with van der Waals surface area (Å²) < 4.78 is 38.9. The van der Waals surface area contributed by atoms with Gasteiger partial charge in [0.05, 0.1) is 10.5 Å². The van der Waals surface area contributed by atoms with Gasteiger partial charge in [0.25, 0.3) is 11.2 Å². The van der Waals surface area contributed by atoms with E-state index in [1.165, 1.54) is 12.4 Å². The Balaban J connectivity index is 2.02. The predicted octanol–water partition coefficient (Wildman–Crippen LogP) is 2.68. The molecule has 2 N–H and O–H groups in total. The molecule has 8 nitrogen and oxygen atoms in total. The van der Waals surface area contributed by atoms with Gasteiger partial charge in [-0.05, 0) is 23.0 Å². The third kappa shape index (κ3) is 3.65. The number of non-ortho nitro benzene ring substituents is 1. The fraction of sp³-hybridized carbons (Fsp3) is 0.133. The van der Waals surface area contributed by atoms with Crippen molar-refractivity contribution in [1.82, 2.24) is 10.3 Å². The van der Waals surface area contributed by atoms with Crippen molar-refractivity contribution in [3.05, 3.63) is 62.9 Å². The average molecular weight is 399 g/mol. The van der Waals surface area contributed by atoms with Crippen LogP contribution in [0.1, 0.15) is 20.9 Å². The van der Waals surface area contributed by atoms with Gasteiger partial charge < -0.3 is 5.32 Å². The van der Waals surface area contributed by atoms with Crippen molar-refractivity contribution in [1.29, 1.82) is 0 Å². The maximum absolute atomic E-state index is 13.0. The molecule has 0 saturated heterocycles. The van der Waals surface area contributed by atoms with Crippen molar-refractivity contribution >= 4 is 33.1 Å². The van der Waals surface area contributed by atoms with Crippen LogP contribution in [0.4, 0.5) is 18.9 Å². The number of nitro groups is 1. The number of nitrogens with zero attached hydrogens (tertiary/aromatic N) is 3. The van der Waals surface area contributed by atoms with Gasteiger partial charge >= 0.3 is 17.1 Å². The first-order valence-corrected chi connectivity index (χ1v) is 8.10. The fourth-order valence-corrected chi connectivity index (χ4v) is 3.34. The van der Waals surface area contributed by atoms with Crippen LogP contribution in [0.15, 0.2) is 36.7 Å². The molecule has 0 saturated carbocycles. The van der Waals surface area contributed by atoms with Crippen molar-refractivity contribution < 1.29 is 32.8 Å². The van der Waals surface area contributed by atoms with E-state index in [0.29, 0.717) is 29.0 Å². The summed E-state index contributed by atoms with van der Waals surface area (Å²) in [6, 6.07) is 4.26. The molecule has 0 unspecified atom stereocenters. The lowest BCUT2D eigenvalue weighted by atomic mass is 10.2. The van der Waals surface area contributed by atoms with Crippen LogP contribution in [0.2, 0.25) is 0 Å². The van der Waals surface area contributed by atoms with E-state index >= 15 is 0 Å². The molecule has 0 fully saturated rings. The highest BCUT2D eigenvalue weighted by atomic mass is 32.1. The minimum atomic E-state index is -4.85. The standard InChI is InChI=1S/C15H9F3N4O4S/c16-15(17,18)9-4-10-12(11(5-9)22(25)26)27-14(21(10)24)13(23)20-7-8-2-1-3-19-6-8/h1-6H,7H2,(H-,20,23,24)/p+1. The van der Waals surface area contributed by atoms with Crippen LogP contribution in [0.25, 0.3) is 10.2 Å². The highest BCUT2D eigenvalue weighted by molar-refractivity contribution is 7.20. The molecule has 2 aromatic heterocycles. The molecule has 0 spiro atoms. The number of rotatable bonds is 4. The van der Waals surface area contributed by atoms with Crippen LogP contribution in [0, 0.1) is 10.1 Å². The second kappa shape index (κ2) is 6.79. The molecule has 0 aliphatic rings. The number of hydrogen-bond acceptors (Lipinski definition) is 6. The normalized spacial score (nSPS) is 11.5. The Morgan fingerprint density at radius 1 is 1.41 bits per heavy atom. The zero-order valence-corrected chi connectivity index (χ0v) is 14.0. The average Bonchev–Trinajstić information content (AvgIpc) is 2.96. The van der Waals surface area contributed by atoms with E-state index in [2.05, 4.69) is 10.3 Å². The Hall–Kier alpha value is -3.28. The molecule has 0 aliphatic carbocycles. The van der Waals surface area contributed by atoms with Crippen molar-refractivity contribution in [2.75, 3.05) is 0 Å².